The molecule has 22 aromatic rings. The fourth-order valence-corrected chi connectivity index (χ4v) is 22.4. The molecule has 5 aromatic heterocycles. The van der Waals surface area contributed by atoms with Crippen LogP contribution in [0.25, 0.3) is 170 Å². The third-order valence-corrected chi connectivity index (χ3v) is 29.6. The molecule has 24 rings (SSSR count). The summed E-state index contributed by atoms with van der Waals surface area (Å²) in [5.41, 5.74) is 42.0. The van der Waals surface area contributed by atoms with Crippen molar-refractivity contribution in [3.05, 3.63) is 373 Å². The second kappa shape index (κ2) is 28.7. The van der Waals surface area contributed by atoms with E-state index in [1.165, 1.54) is 181 Å². The summed E-state index contributed by atoms with van der Waals surface area (Å²) in [4.78, 5) is 5.63. The van der Waals surface area contributed by atoms with Gasteiger partial charge in [0.1, 0.15) is 0 Å². The third-order valence-electron chi connectivity index (χ3n) is 29.6. The Kier molecular flexibility index (Phi) is 17.6. The van der Waals surface area contributed by atoms with Gasteiger partial charge in [0.05, 0.1) is 55.5 Å². The van der Waals surface area contributed by atoms with Crippen LogP contribution in [0.4, 0.5) is 34.1 Å². The van der Waals surface area contributed by atoms with E-state index in [0.717, 1.165) is 73.2 Å². The quantitative estimate of drug-likeness (QED) is 0.134. The predicted molar refractivity (Wildman–Crippen MR) is 569 cm³/mol. The molecule has 0 saturated carbocycles. The molecular weight excluding hydrogens is 1590 g/mol. The molecule has 7 heterocycles. The lowest BCUT2D eigenvalue weighted by atomic mass is 9.33. The van der Waals surface area contributed by atoms with Gasteiger partial charge >= 0.3 is 0 Å². The summed E-state index contributed by atoms with van der Waals surface area (Å²) in [7, 11) is 0. The molecule has 0 bridgehead atoms. The van der Waals surface area contributed by atoms with Crippen molar-refractivity contribution in [3.8, 4) is 72.4 Å². The highest BCUT2D eigenvalue weighted by molar-refractivity contribution is 7.00. The smallest absolute Gasteiger partial charge is 0.252 e. The van der Waals surface area contributed by atoms with E-state index in [4.69, 9.17) is 0 Å². The number of fused-ring (bicyclic) bond motifs is 19. The van der Waals surface area contributed by atoms with Crippen molar-refractivity contribution >= 4 is 155 Å². The van der Waals surface area contributed by atoms with Gasteiger partial charge in [-0.1, -0.05) is 349 Å². The first-order chi connectivity index (χ1) is 63.3. The van der Waals surface area contributed by atoms with Crippen LogP contribution in [0.1, 0.15) is 158 Å². The zero-order valence-electron chi connectivity index (χ0n) is 79.1. The zero-order valence-corrected chi connectivity index (χ0v) is 79.1. The molecule has 0 saturated heterocycles. The summed E-state index contributed by atoms with van der Waals surface area (Å²) in [6, 6.07) is 134. The van der Waals surface area contributed by atoms with Crippen molar-refractivity contribution in [2.24, 2.45) is 0 Å². The highest BCUT2D eigenvalue weighted by atomic mass is 15.2. The summed E-state index contributed by atoms with van der Waals surface area (Å²) in [5.74, 6) is 0. The van der Waals surface area contributed by atoms with E-state index in [1.807, 2.05) is 0 Å². The van der Waals surface area contributed by atoms with Gasteiger partial charge in [-0.3, -0.25) is 0 Å². The van der Waals surface area contributed by atoms with Crippen molar-refractivity contribution in [1.29, 1.82) is 0 Å². The fourth-order valence-electron chi connectivity index (χ4n) is 22.4. The summed E-state index contributed by atoms with van der Waals surface area (Å²) in [6.45, 7) is 42.5. The van der Waals surface area contributed by atoms with Crippen molar-refractivity contribution in [3.63, 3.8) is 0 Å². The largest absolute Gasteiger partial charge is 0.310 e. The highest BCUT2D eigenvalue weighted by Crippen LogP contribution is 2.58. The molecular formula is C126H110BN5. The number of benzene rings is 17. The van der Waals surface area contributed by atoms with Crippen LogP contribution < -0.4 is 26.2 Å². The number of hydrogen-bond acceptors (Lipinski definition) is 2. The Balaban J connectivity index is 0.877. The van der Waals surface area contributed by atoms with Crippen LogP contribution in [0.2, 0.25) is 0 Å². The molecule has 0 fully saturated rings. The highest BCUT2D eigenvalue weighted by Gasteiger charge is 2.47. The Morgan fingerprint density at radius 1 is 0.197 bits per heavy atom. The molecule has 17 aromatic carbocycles. The van der Waals surface area contributed by atoms with E-state index in [1.54, 1.807) is 0 Å². The van der Waals surface area contributed by atoms with Gasteiger partial charge in [-0.15, -0.1) is 0 Å². The first-order valence-electron chi connectivity index (χ1n) is 47.5. The fraction of sp³-hybridized carbons (Fsp3) is 0.190. The van der Waals surface area contributed by atoms with E-state index in [2.05, 4.69) is 488 Å². The average molecular weight is 1710 g/mol. The Hall–Kier alpha value is -14.2. The SMILES string of the molecule is CC(C)(C)c1ccc(-c2cc(C(C)(C)C)cc(-c3ccc(C(C)(C)C)cc3)c2N2c3cc(-c4cc(C(C)(C)C)cc(C(C)(C)C)c4)ccc3B3c4ccc(-c5ccc6c(c5)c5ccccc5n6-c5ccccc5)cc4N(c4c(-c5cc6c7ccccc7n7c8ccccc8c(c5)c67)cccc4-c4cc5c6ccccc6n6c7ccccc7c(c4)c56)c4cc(C(C)(C)C)cc2c43)cc1. The molecule has 6 heteroatoms. The maximum absolute atomic E-state index is 2.82. The van der Waals surface area contributed by atoms with Crippen molar-refractivity contribution in [1.82, 2.24) is 13.4 Å². The number of anilines is 6. The van der Waals surface area contributed by atoms with Crippen LogP contribution in [-0.4, -0.2) is 20.1 Å². The normalized spacial score (nSPS) is 13.5. The zero-order chi connectivity index (χ0) is 90.6. The van der Waals surface area contributed by atoms with Gasteiger partial charge in [-0.05, 0) is 242 Å². The summed E-state index contributed by atoms with van der Waals surface area (Å²) >= 11 is 0. The molecule has 2 aliphatic rings. The topological polar surface area (TPSA) is 20.2 Å². The van der Waals surface area contributed by atoms with Crippen LogP contribution in [-0.2, 0) is 32.5 Å². The predicted octanol–water partition coefficient (Wildman–Crippen LogP) is 33.0. The summed E-state index contributed by atoms with van der Waals surface area (Å²) in [5, 5.41) is 12.3. The molecule has 0 radical (unpaired) electrons. The number of hydrogen-bond donors (Lipinski definition) is 0. The van der Waals surface area contributed by atoms with Gasteiger partial charge in [0, 0.05) is 105 Å². The Morgan fingerprint density at radius 3 is 0.924 bits per heavy atom. The lowest BCUT2D eigenvalue weighted by Crippen LogP contribution is -2.61. The van der Waals surface area contributed by atoms with Gasteiger partial charge in [0.15, 0.2) is 0 Å². The second-order valence-electron chi connectivity index (χ2n) is 44.2. The minimum absolute atomic E-state index is 0.0833. The maximum Gasteiger partial charge on any atom is 0.252 e. The minimum Gasteiger partial charge on any atom is -0.310 e. The van der Waals surface area contributed by atoms with Crippen LogP contribution in [0, 0.1) is 0 Å². The maximum atomic E-state index is 2.82. The molecule has 132 heavy (non-hydrogen) atoms. The Morgan fingerprint density at radius 2 is 0.515 bits per heavy atom. The standard InChI is InChI=1S/C126H110BN5/c1-121(2,3)83-54-47-75(48-55-83)97-71-87(125(13,14)15)72-98(76-49-56-84(57-50-76)122(4,5)6)118(97)132-113-69-79(80-61-85(123(7,8)9)70-86(62-80)124(10,11)12)52-59-105(113)127-104-58-51-78(77-53-60-111-99(63-77)92-35-22-27-42-106(92)128(111)89-33-20-19-21-34-89)68-112(104)131(114-73-88(126(16,17)18)74-115(132)116(114)127)117-90(81-64-100-93-36-23-28-43-107(93)129-108-44-29-24-37-94(108)101(65-81)119(100)129)40-32-41-91(117)82-66-102-95-38-25-30-45-109(95)130-110-46-31-26-39-96(110)103(67-82)120(102)130/h19-74H,1-18H3. The van der Waals surface area contributed by atoms with E-state index in [0.29, 0.717) is 0 Å². The molecule has 0 spiro atoms. The van der Waals surface area contributed by atoms with Gasteiger partial charge in [0.2, 0.25) is 0 Å². The van der Waals surface area contributed by atoms with Crippen LogP contribution in [0.3, 0.4) is 0 Å². The summed E-state index contributed by atoms with van der Waals surface area (Å²) < 4.78 is 7.50. The van der Waals surface area contributed by atoms with Gasteiger partial charge < -0.3 is 23.2 Å². The van der Waals surface area contributed by atoms with Crippen LogP contribution in [0.15, 0.2) is 340 Å². The number of aromatic nitrogens is 3. The number of rotatable bonds is 9. The molecule has 2 aliphatic heterocycles. The monoisotopic (exact) mass is 1700 g/mol. The number of nitrogens with zero attached hydrogens (tertiary/aromatic N) is 5. The lowest BCUT2D eigenvalue weighted by Gasteiger charge is -2.46. The number of para-hydroxylation sites is 7. The van der Waals surface area contributed by atoms with E-state index < -0.39 is 5.41 Å². The minimum atomic E-state index is -0.406. The third kappa shape index (κ3) is 12.5. The molecule has 0 atom stereocenters. The first-order valence-corrected chi connectivity index (χ1v) is 47.5. The van der Waals surface area contributed by atoms with Gasteiger partial charge in [-0.25, -0.2) is 0 Å². The molecule has 0 N–H and O–H groups in total. The van der Waals surface area contributed by atoms with E-state index in [9.17, 15) is 0 Å². The molecule has 0 aliphatic carbocycles. The summed E-state index contributed by atoms with van der Waals surface area (Å²) in [6.07, 6.45) is 0. The molecule has 0 unspecified atom stereocenters. The van der Waals surface area contributed by atoms with Crippen molar-refractivity contribution in [2.75, 3.05) is 9.80 Å². The average Bonchev–Trinajstić information content (AvgIpc) is 1.16. The second-order valence-corrected chi connectivity index (χ2v) is 44.2. The first kappa shape index (κ1) is 81.1. The van der Waals surface area contributed by atoms with Crippen molar-refractivity contribution < 1.29 is 0 Å². The van der Waals surface area contributed by atoms with Crippen LogP contribution in [0.5, 0.6) is 0 Å². The lowest BCUT2D eigenvalue weighted by molar-refractivity contribution is 0.569. The van der Waals surface area contributed by atoms with Gasteiger partial charge in [-0.2, -0.15) is 0 Å². The van der Waals surface area contributed by atoms with Crippen LogP contribution >= 0.6 is 0 Å². The molecule has 0 amide bonds. The Bertz CT molecular complexity index is 8080. The van der Waals surface area contributed by atoms with E-state index in [-0.39, 0.29) is 33.8 Å². The van der Waals surface area contributed by atoms with Crippen molar-refractivity contribution in [2.45, 2.75) is 157 Å². The van der Waals surface area contributed by atoms with Gasteiger partial charge in [0.25, 0.3) is 6.71 Å². The molecule has 5 nitrogen and oxygen atoms in total. The van der Waals surface area contributed by atoms with E-state index >= 15 is 0 Å². The molecule has 642 valence electrons. The Labute approximate surface area is 775 Å².